The van der Waals surface area contributed by atoms with Crippen molar-refractivity contribution < 1.29 is 14.4 Å². The van der Waals surface area contributed by atoms with Crippen LogP contribution < -0.4 is 16.1 Å². The molecule has 4 rings (SSSR count). The van der Waals surface area contributed by atoms with E-state index in [4.69, 9.17) is 0 Å². The lowest BCUT2D eigenvalue weighted by Gasteiger charge is -2.14. The standard InChI is InChI=1S/C23H19N5O4S/c1-12(26-22(32)19-11-33-23(28-19)14-5-7-24-8-6-14)21(31)27-15-3-4-18-16(9-15)20(30)17(10-25-18)13(2)29/h3-12H,1-2H3,(H,25,30)(H,26,32)(H,27,31)/t12-/m0/s1. The lowest BCUT2D eigenvalue weighted by molar-refractivity contribution is -0.117. The van der Waals surface area contributed by atoms with Crippen LogP contribution in [0.1, 0.15) is 34.7 Å². The summed E-state index contributed by atoms with van der Waals surface area (Å²) in [5.74, 6) is -1.29. The number of nitrogens with zero attached hydrogens (tertiary/aromatic N) is 2. The van der Waals surface area contributed by atoms with Crippen molar-refractivity contribution in [2.24, 2.45) is 0 Å². The van der Waals surface area contributed by atoms with Crippen molar-refractivity contribution in [2.45, 2.75) is 19.9 Å². The zero-order chi connectivity index (χ0) is 23.5. The molecule has 3 N–H and O–H groups in total. The highest BCUT2D eigenvalue weighted by molar-refractivity contribution is 7.13. The average Bonchev–Trinajstić information content (AvgIpc) is 3.30. The number of hydrogen-bond acceptors (Lipinski definition) is 7. The first-order chi connectivity index (χ1) is 15.8. The molecular formula is C23H19N5O4S. The van der Waals surface area contributed by atoms with Crippen LogP contribution in [0.5, 0.6) is 0 Å². The predicted octanol–water partition coefficient (Wildman–Crippen LogP) is 3.01. The van der Waals surface area contributed by atoms with E-state index in [1.165, 1.54) is 30.5 Å². The molecule has 33 heavy (non-hydrogen) atoms. The van der Waals surface area contributed by atoms with Gasteiger partial charge in [-0.2, -0.15) is 0 Å². The molecule has 0 aliphatic heterocycles. The Morgan fingerprint density at radius 1 is 1.12 bits per heavy atom. The highest BCUT2D eigenvalue weighted by Crippen LogP contribution is 2.23. The van der Waals surface area contributed by atoms with Gasteiger partial charge in [0.1, 0.15) is 16.7 Å². The zero-order valence-electron chi connectivity index (χ0n) is 17.7. The highest BCUT2D eigenvalue weighted by atomic mass is 32.1. The van der Waals surface area contributed by atoms with E-state index in [0.29, 0.717) is 16.2 Å². The number of benzene rings is 1. The summed E-state index contributed by atoms with van der Waals surface area (Å²) in [6.45, 7) is 2.86. The molecule has 3 heterocycles. The third kappa shape index (κ3) is 4.70. The SMILES string of the molecule is CC(=O)c1c[nH]c2ccc(NC(=O)[C@H](C)NC(=O)c3csc(-c4ccncc4)n3)cc2c1=O. The van der Waals surface area contributed by atoms with E-state index in [1.807, 2.05) is 0 Å². The number of hydrogen-bond donors (Lipinski definition) is 3. The first-order valence-corrected chi connectivity index (χ1v) is 10.9. The minimum absolute atomic E-state index is 0.0426. The van der Waals surface area contributed by atoms with Gasteiger partial charge in [-0.1, -0.05) is 0 Å². The molecule has 0 aliphatic carbocycles. The Labute approximate surface area is 191 Å². The number of amides is 2. The molecule has 4 aromatic rings. The molecule has 1 aromatic carbocycles. The van der Waals surface area contributed by atoms with Crippen LogP contribution in [0.4, 0.5) is 5.69 Å². The van der Waals surface area contributed by atoms with Crippen molar-refractivity contribution in [3.05, 3.63) is 75.8 Å². The molecule has 0 bridgehead atoms. The number of nitrogens with one attached hydrogen (secondary N) is 3. The van der Waals surface area contributed by atoms with Gasteiger partial charge in [0.25, 0.3) is 5.91 Å². The van der Waals surface area contributed by atoms with Gasteiger partial charge in [-0.3, -0.25) is 24.2 Å². The van der Waals surface area contributed by atoms with Crippen LogP contribution in [0.25, 0.3) is 21.5 Å². The van der Waals surface area contributed by atoms with Crippen molar-refractivity contribution in [1.82, 2.24) is 20.3 Å². The lowest BCUT2D eigenvalue weighted by Crippen LogP contribution is -2.41. The molecular weight excluding hydrogens is 442 g/mol. The number of Topliss-reactive ketones (excluding diaryl/α,β-unsaturated/α-hetero) is 1. The predicted molar refractivity (Wildman–Crippen MR) is 125 cm³/mol. The number of H-pyrrole nitrogens is 1. The average molecular weight is 462 g/mol. The Balaban J connectivity index is 1.45. The van der Waals surface area contributed by atoms with Gasteiger partial charge < -0.3 is 15.6 Å². The van der Waals surface area contributed by atoms with Gasteiger partial charge in [0.2, 0.25) is 5.91 Å². The topological polar surface area (TPSA) is 134 Å². The zero-order valence-corrected chi connectivity index (χ0v) is 18.5. The van der Waals surface area contributed by atoms with Crippen LogP contribution in [-0.2, 0) is 4.79 Å². The summed E-state index contributed by atoms with van der Waals surface area (Å²) >= 11 is 1.32. The third-order valence-corrected chi connectivity index (χ3v) is 5.82. The normalized spacial score (nSPS) is 11.7. The Morgan fingerprint density at radius 2 is 1.88 bits per heavy atom. The fraction of sp³-hybridized carbons (Fsp3) is 0.130. The van der Waals surface area contributed by atoms with Gasteiger partial charge in [-0.25, -0.2) is 4.98 Å². The molecule has 3 aromatic heterocycles. The molecule has 1 atom stereocenters. The van der Waals surface area contributed by atoms with Crippen molar-refractivity contribution in [1.29, 1.82) is 0 Å². The van der Waals surface area contributed by atoms with Crippen LogP contribution >= 0.6 is 11.3 Å². The lowest BCUT2D eigenvalue weighted by atomic mass is 10.1. The Bertz CT molecular complexity index is 1430. The van der Waals surface area contributed by atoms with Crippen molar-refractivity contribution >= 4 is 45.5 Å². The van der Waals surface area contributed by atoms with Crippen molar-refractivity contribution in [2.75, 3.05) is 5.32 Å². The maximum Gasteiger partial charge on any atom is 0.271 e. The van der Waals surface area contributed by atoms with Crippen LogP contribution in [0.15, 0.2) is 59.1 Å². The largest absolute Gasteiger partial charge is 0.360 e. The second-order valence-corrected chi connectivity index (χ2v) is 8.16. The summed E-state index contributed by atoms with van der Waals surface area (Å²) in [5.41, 5.74) is 1.59. The first-order valence-electron chi connectivity index (χ1n) is 9.97. The minimum atomic E-state index is -0.860. The molecule has 0 radical (unpaired) electrons. The summed E-state index contributed by atoms with van der Waals surface area (Å²) in [6, 6.07) is 7.49. The van der Waals surface area contributed by atoms with E-state index in [0.717, 1.165) is 5.56 Å². The van der Waals surface area contributed by atoms with E-state index in [-0.39, 0.29) is 22.4 Å². The first kappa shape index (κ1) is 22.0. The molecule has 0 saturated heterocycles. The molecule has 0 unspecified atom stereocenters. The number of anilines is 1. The van der Waals surface area contributed by atoms with E-state index >= 15 is 0 Å². The summed E-state index contributed by atoms with van der Waals surface area (Å²) < 4.78 is 0. The fourth-order valence-electron chi connectivity index (χ4n) is 3.15. The van der Waals surface area contributed by atoms with Crippen LogP contribution in [0, 0.1) is 0 Å². The van der Waals surface area contributed by atoms with E-state index in [1.54, 1.807) is 49.0 Å². The fourth-order valence-corrected chi connectivity index (χ4v) is 3.96. The van der Waals surface area contributed by atoms with Gasteiger partial charge >= 0.3 is 0 Å². The Kier molecular flexibility index (Phi) is 6.09. The number of aromatic nitrogens is 3. The van der Waals surface area contributed by atoms with Crippen molar-refractivity contribution in [3.63, 3.8) is 0 Å². The number of carbonyl (C=O) groups is 3. The third-order valence-electron chi connectivity index (χ3n) is 4.93. The van der Waals surface area contributed by atoms with E-state index < -0.39 is 23.3 Å². The molecule has 10 heteroatoms. The molecule has 9 nitrogen and oxygen atoms in total. The molecule has 166 valence electrons. The van der Waals surface area contributed by atoms with Crippen molar-refractivity contribution in [3.8, 4) is 10.6 Å². The maximum absolute atomic E-state index is 12.6. The molecule has 0 saturated carbocycles. The van der Waals surface area contributed by atoms with Gasteiger partial charge in [0.15, 0.2) is 11.2 Å². The Morgan fingerprint density at radius 3 is 2.61 bits per heavy atom. The molecule has 0 fully saturated rings. The van der Waals surface area contributed by atoms with Crippen LogP contribution in [-0.4, -0.2) is 38.6 Å². The highest BCUT2D eigenvalue weighted by Gasteiger charge is 2.19. The summed E-state index contributed by atoms with van der Waals surface area (Å²) in [7, 11) is 0. The van der Waals surface area contributed by atoms with E-state index in [2.05, 4.69) is 25.6 Å². The number of carbonyl (C=O) groups excluding carboxylic acids is 3. The van der Waals surface area contributed by atoms with Crippen LogP contribution in [0.2, 0.25) is 0 Å². The second kappa shape index (κ2) is 9.13. The molecule has 0 spiro atoms. The molecule has 0 aliphatic rings. The number of ketones is 1. The smallest absolute Gasteiger partial charge is 0.271 e. The van der Waals surface area contributed by atoms with E-state index in [9.17, 15) is 19.2 Å². The molecule has 2 amide bonds. The number of rotatable bonds is 6. The van der Waals surface area contributed by atoms with Crippen LogP contribution in [0.3, 0.4) is 0 Å². The second-order valence-electron chi connectivity index (χ2n) is 7.31. The number of thiazole rings is 1. The Hall–Kier alpha value is -4.18. The number of pyridine rings is 2. The monoisotopic (exact) mass is 461 g/mol. The van der Waals surface area contributed by atoms with Gasteiger partial charge in [0, 0.05) is 46.1 Å². The van der Waals surface area contributed by atoms with Gasteiger partial charge in [0.05, 0.1) is 5.56 Å². The quantitative estimate of drug-likeness (QED) is 0.378. The summed E-state index contributed by atoms with van der Waals surface area (Å²) in [4.78, 5) is 60.5. The summed E-state index contributed by atoms with van der Waals surface area (Å²) in [6.07, 6.45) is 4.66. The minimum Gasteiger partial charge on any atom is -0.360 e. The maximum atomic E-state index is 12.6. The van der Waals surface area contributed by atoms with Gasteiger partial charge in [-0.05, 0) is 44.2 Å². The number of aromatic amines is 1. The van der Waals surface area contributed by atoms with Gasteiger partial charge in [-0.15, -0.1) is 11.3 Å². The summed E-state index contributed by atoms with van der Waals surface area (Å²) in [5, 5.41) is 7.88. The number of fused-ring (bicyclic) bond motifs is 1.